The number of rotatable bonds is 5. The van der Waals surface area contributed by atoms with E-state index >= 15 is 0 Å². The number of aromatic nitrogens is 2. The molecule has 6 nitrogen and oxygen atoms in total. The number of amides is 1. The van der Waals surface area contributed by atoms with Gasteiger partial charge in [0.15, 0.2) is 0 Å². The normalized spacial score (nSPS) is 20.2. The van der Waals surface area contributed by atoms with Crippen molar-refractivity contribution in [2.24, 2.45) is 0 Å². The maximum absolute atomic E-state index is 12.6. The molecule has 0 spiro atoms. The van der Waals surface area contributed by atoms with Crippen LogP contribution in [-0.4, -0.2) is 53.1 Å². The molecule has 1 amide bonds. The lowest BCUT2D eigenvalue weighted by Gasteiger charge is -2.36. The minimum Gasteiger partial charge on any atom is -0.372 e. The summed E-state index contributed by atoms with van der Waals surface area (Å²) in [6, 6.07) is 3.77. The van der Waals surface area contributed by atoms with Gasteiger partial charge in [-0.3, -0.25) is 4.79 Å². The van der Waals surface area contributed by atoms with Crippen molar-refractivity contribution in [2.45, 2.75) is 45.9 Å². The molecule has 1 fully saturated rings. The first-order valence-electron chi connectivity index (χ1n) is 9.01. The third-order valence-corrected chi connectivity index (χ3v) is 5.53. The summed E-state index contributed by atoms with van der Waals surface area (Å²) in [6.07, 6.45) is 4.88. The van der Waals surface area contributed by atoms with Crippen LogP contribution in [0.15, 0.2) is 24.5 Å². The first-order valence-corrected chi connectivity index (χ1v) is 9.83. The molecule has 0 N–H and O–H groups in total. The number of carbonyl (C=O) groups excluding carboxylic acids is 1. The molecule has 140 valence electrons. The summed E-state index contributed by atoms with van der Waals surface area (Å²) in [4.78, 5) is 26.7. The van der Waals surface area contributed by atoms with Gasteiger partial charge in [0, 0.05) is 37.4 Å². The first kappa shape index (κ1) is 18.8. The van der Waals surface area contributed by atoms with E-state index in [-0.39, 0.29) is 18.1 Å². The molecule has 3 rings (SSSR count). The summed E-state index contributed by atoms with van der Waals surface area (Å²) < 4.78 is 5.76. The second-order valence-electron chi connectivity index (χ2n) is 6.80. The lowest BCUT2D eigenvalue weighted by Crippen LogP contribution is -2.45. The Hall–Kier alpha value is -1.99. The summed E-state index contributed by atoms with van der Waals surface area (Å²) in [7, 11) is 1.80. The van der Waals surface area contributed by atoms with Crippen molar-refractivity contribution in [3.63, 3.8) is 0 Å². The van der Waals surface area contributed by atoms with Gasteiger partial charge in [-0.2, -0.15) is 0 Å². The Morgan fingerprint density at radius 1 is 1.27 bits per heavy atom. The summed E-state index contributed by atoms with van der Waals surface area (Å²) in [5.74, 6) is 0.847. The van der Waals surface area contributed by atoms with Gasteiger partial charge < -0.3 is 14.5 Å². The predicted octanol–water partition coefficient (Wildman–Crippen LogP) is 2.99. The molecule has 2 aromatic heterocycles. The lowest BCUT2D eigenvalue weighted by atomic mass is 10.2. The number of thiazole rings is 1. The summed E-state index contributed by atoms with van der Waals surface area (Å²) in [6.45, 7) is 8.39. The van der Waals surface area contributed by atoms with Gasteiger partial charge >= 0.3 is 0 Å². The highest BCUT2D eigenvalue weighted by molar-refractivity contribution is 7.11. The molecule has 2 aromatic rings. The maximum Gasteiger partial charge on any atom is 0.255 e. The van der Waals surface area contributed by atoms with Crippen LogP contribution >= 0.6 is 11.3 Å². The molecule has 3 heterocycles. The SMILES string of the molecule is CCc1cnc(CN(C)C(=O)c2ccc(N3CC(C)OC(C)C3)nc2)s1. The summed E-state index contributed by atoms with van der Waals surface area (Å²) >= 11 is 1.66. The Morgan fingerprint density at radius 3 is 2.58 bits per heavy atom. The molecule has 1 aliphatic heterocycles. The van der Waals surface area contributed by atoms with E-state index in [1.165, 1.54) is 4.88 Å². The number of ether oxygens (including phenoxy) is 1. The predicted molar refractivity (Wildman–Crippen MR) is 104 cm³/mol. The molecular weight excluding hydrogens is 348 g/mol. The van der Waals surface area contributed by atoms with Gasteiger partial charge in [-0.1, -0.05) is 6.92 Å². The van der Waals surface area contributed by atoms with Crippen LogP contribution in [0.1, 0.15) is 41.0 Å². The van der Waals surface area contributed by atoms with Crippen LogP contribution in [0, 0.1) is 0 Å². The van der Waals surface area contributed by atoms with E-state index in [0.717, 1.165) is 30.3 Å². The van der Waals surface area contributed by atoms with Gasteiger partial charge in [0.1, 0.15) is 10.8 Å². The molecule has 0 aromatic carbocycles. The summed E-state index contributed by atoms with van der Waals surface area (Å²) in [5, 5.41) is 0.957. The number of hydrogen-bond acceptors (Lipinski definition) is 6. The van der Waals surface area contributed by atoms with Crippen LogP contribution in [0.4, 0.5) is 5.82 Å². The van der Waals surface area contributed by atoms with Crippen molar-refractivity contribution in [2.75, 3.05) is 25.0 Å². The zero-order valence-corrected chi connectivity index (χ0v) is 16.6. The van der Waals surface area contributed by atoms with Crippen LogP contribution in [0.2, 0.25) is 0 Å². The van der Waals surface area contributed by atoms with E-state index in [2.05, 4.69) is 35.6 Å². The van der Waals surface area contributed by atoms with Gasteiger partial charge in [0.25, 0.3) is 5.91 Å². The van der Waals surface area contributed by atoms with Gasteiger partial charge in [-0.25, -0.2) is 9.97 Å². The fraction of sp³-hybridized carbons (Fsp3) is 0.526. The lowest BCUT2D eigenvalue weighted by molar-refractivity contribution is -0.00546. The Balaban J connectivity index is 1.64. The first-order chi connectivity index (χ1) is 12.5. The number of anilines is 1. The second-order valence-corrected chi connectivity index (χ2v) is 8.00. The van der Waals surface area contributed by atoms with Crippen molar-refractivity contribution >= 4 is 23.1 Å². The molecule has 0 radical (unpaired) electrons. The third-order valence-electron chi connectivity index (χ3n) is 4.41. The van der Waals surface area contributed by atoms with Crippen LogP contribution in [0.25, 0.3) is 0 Å². The molecule has 1 saturated heterocycles. The minimum atomic E-state index is -0.0407. The van der Waals surface area contributed by atoms with Gasteiger partial charge in [-0.15, -0.1) is 11.3 Å². The van der Waals surface area contributed by atoms with E-state index in [9.17, 15) is 4.79 Å². The third kappa shape index (κ3) is 4.40. The van der Waals surface area contributed by atoms with Crippen LogP contribution in [0.3, 0.4) is 0 Å². The minimum absolute atomic E-state index is 0.0407. The molecule has 0 aliphatic carbocycles. The molecule has 7 heteroatoms. The van der Waals surface area contributed by atoms with Crippen molar-refractivity contribution in [1.29, 1.82) is 0 Å². The quantitative estimate of drug-likeness (QED) is 0.805. The molecule has 2 atom stereocenters. The smallest absolute Gasteiger partial charge is 0.255 e. The number of hydrogen-bond donors (Lipinski definition) is 0. The molecule has 1 aliphatic rings. The van der Waals surface area contributed by atoms with Gasteiger partial charge in [-0.05, 0) is 32.4 Å². The highest BCUT2D eigenvalue weighted by atomic mass is 32.1. The second kappa shape index (κ2) is 8.14. The highest BCUT2D eigenvalue weighted by Crippen LogP contribution is 2.20. The van der Waals surface area contributed by atoms with Gasteiger partial charge in [0.05, 0.1) is 24.3 Å². The van der Waals surface area contributed by atoms with Crippen LogP contribution in [-0.2, 0) is 17.7 Å². The van der Waals surface area contributed by atoms with Crippen LogP contribution in [0.5, 0.6) is 0 Å². The molecule has 0 saturated carbocycles. The standard InChI is InChI=1S/C19H26N4O2S/c1-5-16-9-21-18(26-16)12-22(4)19(24)15-6-7-17(20-8-15)23-10-13(2)25-14(3)11-23/h6-9,13-14H,5,10-12H2,1-4H3. The average molecular weight is 375 g/mol. The molecule has 2 unspecified atom stereocenters. The largest absolute Gasteiger partial charge is 0.372 e. The fourth-order valence-corrected chi connectivity index (χ4v) is 4.06. The zero-order chi connectivity index (χ0) is 18.7. The van der Waals surface area contributed by atoms with Crippen molar-refractivity contribution in [1.82, 2.24) is 14.9 Å². The Labute approximate surface area is 158 Å². The fourth-order valence-electron chi connectivity index (χ4n) is 3.14. The number of morpholine rings is 1. The average Bonchev–Trinajstić information content (AvgIpc) is 3.08. The monoisotopic (exact) mass is 374 g/mol. The van der Waals surface area contributed by atoms with E-state index < -0.39 is 0 Å². The van der Waals surface area contributed by atoms with E-state index in [1.54, 1.807) is 29.5 Å². The van der Waals surface area contributed by atoms with E-state index in [4.69, 9.17) is 4.74 Å². The number of carbonyl (C=O) groups is 1. The molecule has 0 bridgehead atoms. The Morgan fingerprint density at radius 2 is 2.00 bits per heavy atom. The number of pyridine rings is 1. The Kier molecular flexibility index (Phi) is 5.88. The van der Waals surface area contributed by atoms with Crippen molar-refractivity contribution in [3.8, 4) is 0 Å². The number of nitrogens with zero attached hydrogens (tertiary/aromatic N) is 4. The zero-order valence-electron chi connectivity index (χ0n) is 15.8. The number of aryl methyl sites for hydroxylation is 1. The topological polar surface area (TPSA) is 58.6 Å². The Bertz CT molecular complexity index is 736. The van der Waals surface area contributed by atoms with E-state index in [0.29, 0.717) is 12.1 Å². The van der Waals surface area contributed by atoms with Gasteiger partial charge in [0.2, 0.25) is 0 Å². The summed E-state index contributed by atoms with van der Waals surface area (Å²) in [5.41, 5.74) is 0.595. The van der Waals surface area contributed by atoms with E-state index in [1.807, 2.05) is 18.3 Å². The maximum atomic E-state index is 12.6. The highest BCUT2D eigenvalue weighted by Gasteiger charge is 2.23. The van der Waals surface area contributed by atoms with Crippen molar-refractivity contribution < 1.29 is 9.53 Å². The molecular formula is C19H26N4O2S. The van der Waals surface area contributed by atoms with Crippen molar-refractivity contribution in [3.05, 3.63) is 40.0 Å². The molecule has 26 heavy (non-hydrogen) atoms. The van der Waals surface area contributed by atoms with Crippen LogP contribution < -0.4 is 4.90 Å².